The minimum Gasteiger partial charge on any atom is -0.321 e. The highest BCUT2D eigenvalue weighted by molar-refractivity contribution is 8.12. The van der Waals surface area contributed by atoms with E-state index in [0.29, 0.717) is 0 Å². The van der Waals surface area contributed by atoms with E-state index in [4.69, 9.17) is 0 Å². The van der Waals surface area contributed by atoms with Crippen LogP contribution in [0.3, 0.4) is 0 Å². The molecule has 0 bridgehead atoms. The van der Waals surface area contributed by atoms with E-state index in [-0.39, 0.29) is 5.24 Å². The molecule has 11 heavy (non-hydrogen) atoms. The van der Waals surface area contributed by atoms with Crippen LogP contribution in [-0.4, -0.2) is 11.5 Å². The maximum atomic E-state index is 10.8. The molecule has 0 fully saturated rings. The van der Waals surface area contributed by atoms with Crippen LogP contribution in [-0.2, 0) is 0 Å². The molecule has 0 aromatic carbocycles. The van der Waals surface area contributed by atoms with E-state index in [1.807, 2.05) is 13.0 Å². The Bertz CT molecular complexity index is 154. The number of allylic oxidation sites excluding steroid dienone is 2. The molecule has 3 heteroatoms. The van der Waals surface area contributed by atoms with Gasteiger partial charge in [-0.3, -0.25) is 4.79 Å². The molecule has 2 nitrogen and oxygen atoms in total. The topological polar surface area (TPSA) is 29.1 Å². The van der Waals surface area contributed by atoms with Crippen LogP contribution in [0, 0.1) is 0 Å². The standard InChI is InChI=1S/C8H15NOS/c1-4-5-6-7(2)9-8(10)11-3/h6H,4-5H2,1-3H3,(H,9,10)/b7-6+. The Morgan fingerprint density at radius 2 is 2.27 bits per heavy atom. The molecule has 0 saturated carbocycles. The van der Waals surface area contributed by atoms with Gasteiger partial charge in [0.15, 0.2) is 0 Å². The number of carbonyl (C=O) groups is 1. The summed E-state index contributed by atoms with van der Waals surface area (Å²) in [5, 5.41) is 2.76. The summed E-state index contributed by atoms with van der Waals surface area (Å²) in [5.74, 6) is 0. The number of carbonyl (C=O) groups excluding carboxylic acids is 1. The fourth-order valence-electron chi connectivity index (χ4n) is 0.624. The van der Waals surface area contributed by atoms with Crippen LogP contribution in [0.25, 0.3) is 0 Å². The van der Waals surface area contributed by atoms with E-state index < -0.39 is 0 Å². The van der Waals surface area contributed by atoms with Gasteiger partial charge in [0.1, 0.15) is 0 Å². The first kappa shape index (κ1) is 10.6. The van der Waals surface area contributed by atoms with Crippen molar-refractivity contribution in [3.05, 3.63) is 11.8 Å². The van der Waals surface area contributed by atoms with Crippen LogP contribution < -0.4 is 5.32 Å². The SMILES string of the molecule is CCC/C=C(\C)NC(=O)SC. The first-order chi connectivity index (χ1) is 5.20. The summed E-state index contributed by atoms with van der Waals surface area (Å²) in [6.45, 7) is 4.02. The van der Waals surface area contributed by atoms with Crippen molar-refractivity contribution in [3.63, 3.8) is 0 Å². The highest BCUT2D eigenvalue weighted by Crippen LogP contribution is 1.99. The fourth-order valence-corrected chi connectivity index (χ4v) is 0.887. The summed E-state index contributed by atoms with van der Waals surface area (Å²) in [4.78, 5) is 10.8. The van der Waals surface area contributed by atoms with Gasteiger partial charge in [-0.25, -0.2) is 0 Å². The highest BCUT2D eigenvalue weighted by Gasteiger charge is 1.95. The van der Waals surface area contributed by atoms with E-state index in [1.165, 1.54) is 11.8 Å². The molecule has 0 aliphatic heterocycles. The third kappa shape index (κ3) is 5.98. The maximum Gasteiger partial charge on any atom is 0.282 e. The molecule has 0 aromatic heterocycles. The predicted molar refractivity (Wildman–Crippen MR) is 50.7 cm³/mol. The third-order valence-electron chi connectivity index (χ3n) is 1.22. The monoisotopic (exact) mass is 173 g/mol. The van der Waals surface area contributed by atoms with Crippen molar-refractivity contribution < 1.29 is 4.79 Å². The van der Waals surface area contributed by atoms with Crippen molar-refractivity contribution in [1.29, 1.82) is 0 Å². The Morgan fingerprint density at radius 3 is 2.73 bits per heavy atom. The number of rotatable bonds is 3. The molecule has 0 aliphatic carbocycles. The van der Waals surface area contributed by atoms with Gasteiger partial charge in [-0.05, 0) is 19.6 Å². The van der Waals surface area contributed by atoms with Gasteiger partial charge in [-0.2, -0.15) is 0 Å². The van der Waals surface area contributed by atoms with Crippen molar-refractivity contribution in [2.45, 2.75) is 26.7 Å². The number of unbranched alkanes of at least 4 members (excludes halogenated alkanes) is 1. The van der Waals surface area contributed by atoms with Gasteiger partial charge < -0.3 is 5.32 Å². The molecule has 0 rings (SSSR count). The Morgan fingerprint density at radius 1 is 1.64 bits per heavy atom. The molecule has 64 valence electrons. The molecule has 0 aliphatic rings. The number of hydrogen-bond donors (Lipinski definition) is 1. The number of amides is 1. The van der Waals surface area contributed by atoms with E-state index in [0.717, 1.165) is 18.5 Å². The molecule has 0 saturated heterocycles. The smallest absolute Gasteiger partial charge is 0.282 e. The molecule has 1 amide bonds. The van der Waals surface area contributed by atoms with Gasteiger partial charge in [-0.15, -0.1) is 0 Å². The largest absolute Gasteiger partial charge is 0.321 e. The lowest BCUT2D eigenvalue weighted by Crippen LogP contribution is -2.15. The first-order valence-corrected chi connectivity index (χ1v) is 4.95. The van der Waals surface area contributed by atoms with E-state index in [2.05, 4.69) is 12.2 Å². The fraction of sp³-hybridized carbons (Fsp3) is 0.625. The quantitative estimate of drug-likeness (QED) is 0.711. The third-order valence-corrected chi connectivity index (χ3v) is 1.70. The summed E-state index contributed by atoms with van der Waals surface area (Å²) < 4.78 is 0. The summed E-state index contributed by atoms with van der Waals surface area (Å²) in [6.07, 6.45) is 5.95. The Balaban J connectivity index is 3.66. The molecule has 0 unspecified atom stereocenters. The normalized spacial score (nSPS) is 11.4. The zero-order chi connectivity index (χ0) is 8.69. The van der Waals surface area contributed by atoms with Crippen LogP contribution in [0.4, 0.5) is 4.79 Å². The minimum absolute atomic E-state index is 0.00912. The molecule has 1 N–H and O–H groups in total. The van der Waals surface area contributed by atoms with E-state index in [1.54, 1.807) is 6.26 Å². The summed E-state index contributed by atoms with van der Waals surface area (Å²) >= 11 is 1.20. The van der Waals surface area contributed by atoms with Crippen molar-refractivity contribution in [3.8, 4) is 0 Å². The second-order valence-electron chi connectivity index (χ2n) is 2.29. The van der Waals surface area contributed by atoms with Gasteiger partial charge in [0, 0.05) is 5.70 Å². The predicted octanol–water partition coefficient (Wildman–Crippen LogP) is 2.76. The highest BCUT2D eigenvalue weighted by atomic mass is 32.2. The summed E-state index contributed by atoms with van der Waals surface area (Å²) in [5.41, 5.74) is 0.950. The van der Waals surface area contributed by atoms with Crippen molar-refractivity contribution in [2.24, 2.45) is 0 Å². The number of hydrogen-bond acceptors (Lipinski definition) is 2. The molecule has 0 spiro atoms. The van der Waals surface area contributed by atoms with Crippen LogP contribution in [0.2, 0.25) is 0 Å². The van der Waals surface area contributed by atoms with Gasteiger partial charge in [0.05, 0.1) is 0 Å². The van der Waals surface area contributed by atoms with Crippen molar-refractivity contribution >= 4 is 17.0 Å². The molecule has 0 radical (unpaired) electrons. The second-order valence-corrected chi connectivity index (χ2v) is 3.07. The first-order valence-electron chi connectivity index (χ1n) is 3.72. The Hall–Kier alpha value is -0.440. The van der Waals surface area contributed by atoms with Crippen LogP contribution in [0.15, 0.2) is 11.8 Å². The van der Waals surface area contributed by atoms with E-state index >= 15 is 0 Å². The minimum atomic E-state index is 0.00912. The zero-order valence-electron chi connectivity index (χ0n) is 7.31. The molecule has 0 heterocycles. The average molecular weight is 173 g/mol. The molecular formula is C8H15NOS. The number of nitrogens with one attached hydrogen (secondary N) is 1. The molecule has 0 aromatic rings. The lowest BCUT2D eigenvalue weighted by atomic mass is 10.3. The molecule has 0 atom stereocenters. The van der Waals surface area contributed by atoms with Crippen molar-refractivity contribution in [2.75, 3.05) is 6.26 Å². The van der Waals surface area contributed by atoms with Crippen molar-refractivity contribution in [1.82, 2.24) is 5.32 Å². The lowest BCUT2D eigenvalue weighted by Gasteiger charge is -2.01. The summed E-state index contributed by atoms with van der Waals surface area (Å²) in [6, 6.07) is 0. The van der Waals surface area contributed by atoms with Crippen LogP contribution in [0.1, 0.15) is 26.7 Å². The Kier molecular flexibility index (Phi) is 6.03. The van der Waals surface area contributed by atoms with Gasteiger partial charge >= 0.3 is 0 Å². The maximum absolute atomic E-state index is 10.8. The zero-order valence-corrected chi connectivity index (χ0v) is 8.12. The van der Waals surface area contributed by atoms with Crippen LogP contribution in [0.5, 0.6) is 0 Å². The number of thioether (sulfide) groups is 1. The average Bonchev–Trinajstić information content (AvgIpc) is 2.00. The van der Waals surface area contributed by atoms with Gasteiger partial charge in [0.25, 0.3) is 5.24 Å². The van der Waals surface area contributed by atoms with Gasteiger partial charge in [0.2, 0.25) is 0 Å². The summed E-state index contributed by atoms with van der Waals surface area (Å²) in [7, 11) is 0. The lowest BCUT2D eigenvalue weighted by molar-refractivity contribution is 0.263. The second kappa shape index (κ2) is 6.28. The van der Waals surface area contributed by atoms with E-state index in [9.17, 15) is 4.79 Å². The van der Waals surface area contributed by atoms with Crippen LogP contribution >= 0.6 is 11.8 Å². The van der Waals surface area contributed by atoms with Gasteiger partial charge in [-0.1, -0.05) is 31.2 Å². The Labute approximate surface area is 72.4 Å². The molecular weight excluding hydrogens is 158 g/mol.